The third-order valence-electron chi connectivity index (χ3n) is 5.29. The molecule has 2 saturated heterocycles. The Labute approximate surface area is 166 Å². The van der Waals surface area contributed by atoms with E-state index in [4.69, 9.17) is 16.3 Å². The van der Waals surface area contributed by atoms with Crippen LogP contribution in [-0.2, 0) is 14.3 Å². The maximum absolute atomic E-state index is 12.8. The third kappa shape index (κ3) is 5.14. The van der Waals surface area contributed by atoms with Crippen LogP contribution in [0.1, 0.15) is 26.2 Å². The van der Waals surface area contributed by atoms with Gasteiger partial charge in [0.15, 0.2) is 0 Å². The molecule has 0 spiro atoms. The third-order valence-corrected chi connectivity index (χ3v) is 5.52. The normalized spacial score (nSPS) is 21.2. The van der Waals surface area contributed by atoms with E-state index >= 15 is 0 Å². The second-order valence-corrected chi connectivity index (χ2v) is 7.53. The number of hydrogen-bond donors (Lipinski definition) is 0. The summed E-state index contributed by atoms with van der Waals surface area (Å²) in [7, 11) is 0. The van der Waals surface area contributed by atoms with Gasteiger partial charge in [0.1, 0.15) is 6.04 Å². The summed E-state index contributed by atoms with van der Waals surface area (Å²) >= 11 is 6.08. The number of esters is 1. The molecule has 2 aliphatic heterocycles. The maximum Gasteiger partial charge on any atom is 0.328 e. The molecule has 7 heteroatoms. The number of carbonyl (C=O) groups excluding carboxylic acids is 2. The van der Waals surface area contributed by atoms with Crippen molar-refractivity contribution in [2.45, 2.75) is 32.2 Å². The van der Waals surface area contributed by atoms with Gasteiger partial charge < -0.3 is 14.5 Å². The zero-order chi connectivity index (χ0) is 19.2. The highest BCUT2D eigenvalue weighted by molar-refractivity contribution is 6.30. The fourth-order valence-corrected chi connectivity index (χ4v) is 4.02. The number of nitrogens with zero attached hydrogens (tertiary/aromatic N) is 3. The van der Waals surface area contributed by atoms with Gasteiger partial charge in [-0.1, -0.05) is 17.7 Å². The van der Waals surface area contributed by atoms with Crippen molar-refractivity contribution < 1.29 is 14.3 Å². The van der Waals surface area contributed by atoms with E-state index in [2.05, 4.69) is 15.9 Å². The van der Waals surface area contributed by atoms with Gasteiger partial charge in [-0.25, -0.2) is 4.79 Å². The van der Waals surface area contributed by atoms with E-state index < -0.39 is 6.04 Å². The molecule has 0 aliphatic carbocycles. The number of rotatable bonds is 5. The monoisotopic (exact) mass is 393 g/mol. The SMILES string of the molecule is CCOC(=O)[C@@H]1CCCCN1C(=O)CN1CCN(c2cccc(Cl)c2)CC1. The molecule has 0 aromatic heterocycles. The van der Waals surface area contributed by atoms with E-state index in [0.29, 0.717) is 26.1 Å². The van der Waals surface area contributed by atoms with E-state index in [1.807, 2.05) is 18.2 Å². The first-order valence-corrected chi connectivity index (χ1v) is 10.1. The summed E-state index contributed by atoms with van der Waals surface area (Å²) in [6.45, 7) is 6.50. The molecule has 1 aromatic carbocycles. The number of piperidine rings is 1. The van der Waals surface area contributed by atoms with Crippen molar-refractivity contribution in [2.24, 2.45) is 0 Å². The molecule has 0 N–H and O–H groups in total. The molecule has 148 valence electrons. The lowest BCUT2D eigenvalue weighted by atomic mass is 10.0. The number of likely N-dealkylation sites (tertiary alicyclic amines) is 1. The van der Waals surface area contributed by atoms with E-state index in [1.165, 1.54) is 0 Å². The van der Waals surface area contributed by atoms with Crippen molar-refractivity contribution in [2.75, 3.05) is 50.8 Å². The molecule has 0 radical (unpaired) electrons. The van der Waals surface area contributed by atoms with Crippen LogP contribution < -0.4 is 4.90 Å². The number of halogens is 1. The zero-order valence-corrected chi connectivity index (χ0v) is 16.7. The molecule has 0 unspecified atom stereocenters. The largest absolute Gasteiger partial charge is 0.464 e. The van der Waals surface area contributed by atoms with Gasteiger partial charge >= 0.3 is 5.97 Å². The van der Waals surface area contributed by atoms with Crippen LogP contribution in [0.15, 0.2) is 24.3 Å². The lowest BCUT2D eigenvalue weighted by Gasteiger charge is -2.38. The van der Waals surface area contributed by atoms with Crippen LogP contribution >= 0.6 is 11.6 Å². The molecule has 3 rings (SSSR count). The number of ether oxygens (including phenoxy) is 1. The summed E-state index contributed by atoms with van der Waals surface area (Å²) in [6, 6.07) is 7.45. The molecule has 2 fully saturated rings. The minimum atomic E-state index is -0.418. The molecule has 1 atom stereocenters. The number of amides is 1. The Bertz CT molecular complexity index is 662. The van der Waals surface area contributed by atoms with Gasteiger partial charge in [-0.15, -0.1) is 0 Å². The van der Waals surface area contributed by atoms with Crippen molar-refractivity contribution in [3.8, 4) is 0 Å². The van der Waals surface area contributed by atoms with Crippen LogP contribution in [0.3, 0.4) is 0 Å². The standard InChI is InChI=1S/C20H28ClN3O3/c1-2-27-20(26)18-8-3-4-9-24(18)19(25)15-22-10-12-23(13-11-22)17-7-5-6-16(21)14-17/h5-7,14,18H,2-4,8-13,15H2,1H3/t18-/m0/s1. The van der Waals surface area contributed by atoms with E-state index in [0.717, 1.165) is 49.7 Å². The Balaban J connectivity index is 1.53. The Hall–Kier alpha value is -1.79. The second-order valence-electron chi connectivity index (χ2n) is 7.09. The summed E-state index contributed by atoms with van der Waals surface area (Å²) in [5, 5.41) is 0.736. The van der Waals surface area contributed by atoms with Crippen LogP contribution in [0, 0.1) is 0 Å². The van der Waals surface area contributed by atoms with E-state index in [1.54, 1.807) is 11.8 Å². The van der Waals surface area contributed by atoms with Gasteiger partial charge in [0, 0.05) is 43.4 Å². The lowest BCUT2D eigenvalue weighted by molar-refractivity contribution is -0.157. The Morgan fingerprint density at radius 1 is 1.15 bits per heavy atom. The summed E-state index contributed by atoms with van der Waals surface area (Å²) in [4.78, 5) is 31.2. The smallest absolute Gasteiger partial charge is 0.328 e. The summed E-state index contributed by atoms with van der Waals surface area (Å²) < 4.78 is 5.16. The minimum absolute atomic E-state index is 0.0314. The molecule has 0 bridgehead atoms. The van der Waals surface area contributed by atoms with Crippen molar-refractivity contribution in [1.82, 2.24) is 9.80 Å². The molecular formula is C20H28ClN3O3. The quantitative estimate of drug-likeness (QED) is 0.719. The maximum atomic E-state index is 12.8. The molecule has 27 heavy (non-hydrogen) atoms. The van der Waals surface area contributed by atoms with Gasteiger partial charge in [-0.2, -0.15) is 0 Å². The van der Waals surface area contributed by atoms with E-state index in [9.17, 15) is 9.59 Å². The minimum Gasteiger partial charge on any atom is -0.464 e. The number of piperazine rings is 1. The fourth-order valence-electron chi connectivity index (χ4n) is 3.83. The van der Waals surface area contributed by atoms with Gasteiger partial charge in [-0.3, -0.25) is 9.69 Å². The molecular weight excluding hydrogens is 366 g/mol. The van der Waals surface area contributed by atoms with Crippen molar-refractivity contribution in [3.05, 3.63) is 29.3 Å². The molecule has 0 saturated carbocycles. The number of benzene rings is 1. The number of hydrogen-bond acceptors (Lipinski definition) is 5. The fraction of sp³-hybridized carbons (Fsp3) is 0.600. The van der Waals surface area contributed by atoms with Crippen LogP contribution in [0.4, 0.5) is 5.69 Å². The predicted octanol–water partition coefficient (Wildman–Crippen LogP) is 2.41. The summed E-state index contributed by atoms with van der Waals surface area (Å²) in [5.74, 6) is -0.236. The first kappa shape index (κ1) is 20.0. The van der Waals surface area contributed by atoms with Gasteiger partial charge in [0.05, 0.1) is 13.2 Å². The van der Waals surface area contributed by atoms with Crippen LogP contribution in [-0.4, -0.2) is 73.6 Å². The van der Waals surface area contributed by atoms with Crippen LogP contribution in [0.5, 0.6) is 0 Å². The van der Waals surface area contributed by atoms with Crippen molar-refractivity contribution in [3.63, 3.8) is 0 Å². The van der Waals surface area contributed by atoms with Gasteiger partial charge in [0.25, 0.3) is 0 Å². The summed E-state index contributed by atoms with van der Waals surface area (Å²) in [5.41, 5.74) is 1.12. The van der Waals surface area contributed by atoms with Gasteiger partial charge in [-0.05, 0) is 44.4 Å². The Kier molecular flexibility index (Phi) is 6.96. The first-order chi connectivity index (χ1) is 13.1. The Morgan fingerprint density at radius 3 is 2.63 bits per heavy atom. The highest BCUT2D eigenvalue weighted by atomic mass is 35.5. The second kappa shape index (κ2) is 9.42. The summed E-state index contributed by atoms with van der Waals surface area (Å²) in [6.07, 6.45) is 2.61. The van der Waals surface area contributed by atoms with Crippen molar-refractivity contribution >= 4 is 29.2 Å². The molecule has 1 aromatic rings. The topological polar surface area (TPSA) is 53.1 Å². The predicted molar refractivity (Wildman–Crippen MR) is 106 cm³/mol. The zero-order valence-electron chi connectivity index (χ0n) is 15.9. The molecule has 1 amide bonds. The average Bonchev–Trinajstić information content (AvgIpc) is 2.69. The number of anilines is 1. The van der Waals surface area contributed by atoms with Crippen LogP contribution in [0.2, 0.25) is 5.02 Å². The molecule has 2 aliphatic rings. The molecule has 6 nitrogen and oxygen atoms in total. The average molecular weight is 394 g/mol. The van der Waals surface area contributed by atoms with Gasteiger partial charge in [0.2, 0.25) is 5.91 Å². The van der Waals surface area contributed by atoms with Crippen molar-refractivity contribution in [1.29, 1.82) is 0 Å². The molecule has 2 heterocycles. The Morgan fingerprint density at radius 2 is 1.93 bits per heavy atom. The lowest BCUT2D eigenvalue weighted by Crippen LogP contribution is -2.54. The van der Waals surface area contributed by atoms with Crippen LogP contribution in [0.25, 0.3) is 0 Å². The first-order valence-electron chi connectivity index (χ1n) is 9.77. The highest BCUT2D eigenvalue weighted by Gasteiger charge is 2.34. The highest BCUT2D eigenvalue weighted by Crippen LogP contribution is 2.22. The van der Waals surface area contributed by atoms with E-state index in [-0.39, 0.29) is 11.9 Å². The number of carbonyl (C=O) groups is 2.